The van der Waals surface area contributed by atoms with E-state index in [1.807, 2.05) is 53.3 Å². The first-order valence-corrected chi connectivity index (χ1v) is 34.1. The monoisotopic (exact) mass is 1410 g/mol. The van der Waals surface area contributed by atoms with Crippen molar-refractivity contribution in [2.75, 3.05) is 97.3 Å². The Labute approximate surface area is 578 Å². The number of pyridine rings is 3. The smallest absolute Gasteiger partial charge is 0.232 e. The van der Waals surface area contributed by atoms with E-state index in [1.165, 1.54) is 55.0 Å². The van der Waals surface area contributed by atoms with Gasteiger partial charge in [-0.1, -0.05) is 82.4 Å². The normalized spacial score (nSPS) is 25.1. The van der Waals surface area contributed by atoms with Crippen LogP contribution in [0.4, 0.5) is 34.9 Å². The van der Waals surface area contributed by atoms with E-state index in [9.17, 15) is 17.6 Å². The van der Waals surface area contributed by atoms with E-state index in [0.717, 1.165) is 122 Å². The third-order valence-corrected chi connectivity index (χ3v) is 22.2. The highest BCUT2D eigenvalue weighted by Gasteiger charge is 2.64. The number of piperidine rings is 4. The van der Waals surface area contributed by atoms with Crippen LogP contribution in [0, 0.1) is 46.9 Å². The molecule has 0 amide bonds. The Hall–Kier alpha value is -7.02. The lowest BCUT2D eigenvalue weighted by molar-refractivity contribution is 0.176. The summed E-state index contributed by atoms with van der Waals surface area (Å²) in [6, 6.07) is 30.0. The zero-order valence-corrected chi connectivity index (χ0v) is 57.2. The first-order valence-electron chi connectivity index (χ1n) is 31.0. The van der Waals surface area contributed by atoms with Gasteiger partial charge in [0.05, 0.1) is 57.0 Å². The Kier molecular flexibility index (Phi) is 19.0. The average molecular weight is 1410 g/mol. The molecule has 4 aromatic carbocycles. The molecule has 4 saturated heterocycles. The fourth-order valence-corrected chi connectivity index (χ4v) is 17.1. The number of fused-ring (bicyclic) bond motifs is 4. The van der Waals surface area contributed by atoms with Gasteiger partial charge in [-0.25, -0.2) is 37.5 Å². The van der Waals surface area contributed by atoms with Gasteiger partial charge < -0.3 is 44.3 Å². The molecule has 0 radical (unpaired) electrons. The van der Waals surface area contributed by atoms with Gasteiger partial charge in [0, 0.05) is 113 Å². The molecule has 16 rings (SSSR count). The predicted octanol–water partition coefficient (Wildman–Crippen LogP) is 14.1. The molecule has 8 atom stereocenters. The lowest BCUT2D eigenvalue weighted by atomic mass is 9.95. The number of rotatable bonds is 13. The van der Waals surface area contributed by atoms with Crippen molar-refractivity contribution in [3.05, 3.63) is 199 Å². The van der Waals surface area contributed by atoms with Crippen molar-refractivity contribution in [3.63, 3.8) is 0 Å². The number of anilines is 2. The fourth-order valence-electron chi connectivity index (χ4n) is 14.8. The molecule has 16 nitrogen and oxygen atoms in total. The van der Waals surface area contributed by atoms with Crippen molar-refractivity contribution < 1.29 is 36.5 Å². The molecular weight excluding hydrogens is 1340 g/mol. The minimum atomic E-state index is -0.317. The summed E-state index contributed by atoms with van der Waals surface area (Å²) < 4.78 is 75.7. The quantitative estimate of drug-likeness (QED) is 0.0487. The molecule has 0 bridgehead atoms. The first-order chi connectivity index (χ1) is 45.8. The highest BCUT2D eigenvalue weighted by atomic mass is 35.5. The Morgan fingerprint density at radius 3 is 1.53 bits per heavy atom. The number of benzene rings is 4. The largest absolute Gasteiger partial charge is 0.481 e. The second-order valence-corrected chi connectivity index (χ2v) is 28.2. The summed E-state index contributed by atoms with van der Waals surface area (Å²) in [5.74, 6) is 4.13. The molecular formula is C69H68Cl4F4N12O4S2. The number of aliphatic imine (C=N–C) groups is 1. The number of methoxy groups -OCH3 is 4. The molecule has 8 unspecified atom stereocenters. The van der Waals surface area contributed by atoms with Crippen molar-refractivity contribution >= 4 is 98.0 Å². The molecule has 2 N–H and O–H groups in total. The Bertz CT molecular complexity index is 4210. The molecule has 8 heterocycles. The maximum atomic E-state index is 13.5. The van der Waals surface area contributed by atoms with Gasteiger partial charge in [0.25, 0.3) is 0 Å². The van der Waals surface area contributed by atoms with Gasteiger partial charge in [-0.05, 0) is 163 Å². The third-order valence-electron chi connectivity index (χ3n) is 19.9. The lowest BCUT2D eigenvalue weighted by Gasteiger charge is -2.24. The molecule has 8 aliphatic rings. The average Bonchev–Trinajstić information content (AvgIpc) is 1.56. The standard InChI is InChI=1S/C21H21ClFN5O2.C19H19ClFN3OS.C18H17ClFN3OS.C11H11ClFN/c1-29-11-18-25-26-20(28(18)15-4-6-19(30-2)24-9-15)27-10-13-8-21(13,12-27)16-5-3-14(23)7-17(16)22;1-25-17-6-4-14(9-22-17)23-18(26-2)24-10-12-8-19(12,11-24)15-5-3-13(21)7-16(15)20;1-24-16-5-3-13(8-21-16)22-17(25)23-9-11-7-18(11,10-23)14-4-2-12(20)6-15(14)19;12-10-3-8(13)1-2-9(10)11-4-7(11)5-14-6-11/h3-7,9,13H,8,10-12H2,1-2H3;3-7,9,12H,8,10-11H2,1-2H3;2-6,8,11H,7,9-10H2,1H3,(H,22,25);1-3,7,14H,4-6H2. The molecule has 4 saturated carbocycles. The van der Waals surface area contributed by atoms with Gasteiger partial charge >= 0.3 is 0 Å². The zero-order valence-electron chi connectivity index (χ0n) is 52.6. The zero-order chi connectivity index (χ0) is 66.6. The van der Waals surface area contributed by atoms with E-state index in [1.54, 1.807) is 77.0 Å². The van der Waals surface area contributed by atoms with Crippen LogP contribution in [0.5, 0.6) is 17.6 Å². The summed E-state index contributed by atoms with van der Waals surface area (Å²) in [6.07, 6.45) is 11.6. The maximum absolute atomic E-state index is 13.5. The van der Waals surface area contributed by atoms with Crippen LogP contribution < -0.4 is 29.7 Å². The van der Waals surface area contributed by atoms with Crippen LogP contribution in [0.2, 0.25) is 20.1 Å². The number of nitrogens with zero attached hydrogens (tertiary/aromatic N) is 10. The van der Waals surface area contributed by atoms with Crippen molar-refractivity contribution in [3.8, 4) is 23.3 Å². The van der Waals surface area contributed by atoms with Crippen LogP contribution in [-0.4, -0.2) is 137 Å². The van der Waals surface area contributed by atoms with Crippen LogP contribution >= 0.6 is 70.4 Å². The van der Waals surface area contributed by atoms with Gasteiger partial charge in [0.1, 0.15) is 29.9 Å². The molecule has 4 aliphatic heterocycles. The molecule has 8 aromatic rings. The summed E-state index contributed by atoms with van der Waals surface area (Å²) in [7, 11) is 6.38. The number of hydrogen-bond donors (Lipinski definition) is 2. The first kappa shape index (κ1) is 66.6. The highest BCUT2D eigenvalue weighted by molar-refractivity contribution is 8.13. The number of thiocarbonyl (C=S) groups is 1. The van der Waals surface area contributed by atoms with Crippen LogP contribution in [-0.2, 0) is 33.0 Å². The maximum Gasteiger partial charge on any atom is 0.232 e. The molecule has 4 aliphatic carbocycles. The number of thioether (sulfide) groups is 1. The second-order valence-electron chi connectivity index (χ2n) is 25.4. The Morgan fingerprint density at radius 2 is 1.07 bits per heavy atom. The van der Waals surface area contributed by atoms with Crippen LogP contribution in [0.1, 0.15) is 53.8 Å². The molecule has 4 aromatic heterocycles. The number of aromatic nitrogens is 6. The lowest BCUT2D eigenvalue weighted by Crippen LogP contribution is -2.36. The number of nitrogens with one attached hydrogen (secondary N) is 2. The SMILES string of the molecule is COCc1nnc(N2CC3CC3(c3ccc(F)cc3Cl)C2)n1-c1ccc(OC)nc1.COc1ccc(N=C(SC)N2CC3CC3(c3ccc(F)cc3Cl)C2)cn1.COc1ccc(NC(=S)N2CC3CC3(c3ccc(F)cc3Cl)C2)cn1.Fc1ccc(C23CNCC2C3)c(Cl)c1. The molecule has 95 heavy (non-hydrogen) atoms. The van der Waals surface area contributed by atoms with Crippen molar-refractivity contribution in [2.24, 2.45) is 28.7 Å². The number of halogens is 8. The van der Waals surface area contributed by atoms with E-state index in [2.05, 4.69) is 50.5 Å². The van der Waals surface area contributed by atoms with E-state index < -0.39 is 0 Å². The van der Waals surface area contributed by atoms with Gasteiger partial charge in [-0.2, -0.15) is 0 Å². The van der Waals surface area contributed by atoms with Gasteiger partial charge in [-0.15, -0.1) is 10.2 Å². The van der Waals surface area contributed by atoms with Gasteiger partial charge in [-0.3, -0.25) is 4.57 Å². The van der Waals surface area contributed by atoms with E-state index in [4.69, 9.17) is 82.6 Å². The van der Waals surface area contributed by atoms with Crippen LogP contribution in [0.15, 0.2) is 133 Å². The summed E-state index contributed by atoms with van der Waals surface area (Å²) >= 11 is 32.2. The van der Waals surface area contributed by atoms with Gasteiger partial charge in [0.15, 0.2) is 16.1 Å². The summed E-state index contributed by atoms with van der Waals surface area (Å²) in [4.78, 5) is 24.1. The van der Waals surface area contributed by atoms with E-state index in [0.29, 0.717) is 78.9 Å². The number of hydrogen-bond acceptors (Lipinski definition) is 14. The summed E-state index contributed by atoms with van der Waals surface area (Å²) in [5, 5.41) is 19.1. The van der Waals surface area contributed by atoms with E-state index in [-0.39, 0.29) is 44.9 Å². The van der Waals surface area contributed by atoms with Crippen molar-refractivity contribution in [1.29, 1.82) is 0 Å². The minimum absolute atomic E-state index is 0.00528. The molecule has 26 heteroatoms. The fraction of sp³-hybridized carbons (Fsp3) is 0.377. The van der Waals surface area contributed by atoms with Crippen LogP contribution in [0.3, 0.4) is 0 Å². The predicted molar refractivity (Wildman–Crippen MR) is 368 cm³/mol. The Balaban J connectivity index is 0.000000118. The molecule has 8 fully saturated rings. The number of ether oxygens (including phenoxy) is 4. The topological polar surface area (TPSA) is 152 Å². The molecule has 0 spiro atoms. The second kappa shape index (κ2) is 27.1. The third kappa shape index (κ3) is 13.3. The van der Waals surface area contributed by atoms with Crippen molar-refractivity contribution in [2.45, 2.75) is 54.0 Å². The van der Waals surface area contributed by atoms with Crippen molar-refractivity contribution in [1.82, 2.24) is 44.8 Å². The van der Waals surface area contributed by atoms with E-state index >= 15 is 0 Å². The minimum Gasteiger partial charge on any atom is -0.481 e. The molecule has 496 valence electrons. The Morgan fingerprint density at radius 1 is 0.589 bits per heavy atom. The summed E-state index contributed by atoms with van der Waals surface area (Å²) in [5.41, 5.74) is 6.83. The van der Waals surface area contributed by atoms with Crippen LogP contribution in [0.25, 0.3) is 5.69 Å². The number of amidine groups is 1. The van der Waals surface area contributed by atoms with Gasteiger partial charge in [0.2, 0.25) is 23.6 Å². The highest BCUT2D eigenvalue weighted by Crippen LogP contribution is 2.63. The summed E-state index contributed by atoms with van der Waals surface area (Å²) in [6.45, 7) is 7.44. The number of likely N-dealkylation sites (tertiary alicyclic amines) is 2.